The first-order chi connectivity index (χ1) is 11.2. The van der Waals surface area contributed by atoms with Gasteiger partial charge in [-0.15, -0.1) is 0 Å². The minimum Gasteiger partial charge on any atom is -0.354 e. The Morgan fingerprint density at radius 1 is 1.25 bits per heavy atom. The SMILES string of the molecule is CCC1(CC)CNC(=O)C1NCc1ccc(C(C)C(F)(F)F)cc1. The summed E-state index contributed by atoms with van der Waals surface area (Å²) >= 11 is 0. The highest BCUT2D eigenvalue weighted by molar-refractivity contribution is 5.85. The molecular formula is C18H25F3N2O. The number of hydrogen-bond acceptors (Lipinski definition) is 2. The van der Waals surface area contributed by atoms with Crippen molar-refractivity contribution in [3.8, 4) is 0 Å². The number of hydrogen-bond donors (Lipinski definition) is 2. The van der Waals surface area contributed by atoms with Gasteiger partial charge < -0.3 is 10.6 Å². The zero-order valence-corrected chi connectivity index (χ0v) is 14.3. The molecule has 6 heteroatoms. The van der Waals surface area contributed by atoms with Crippen LogP contribution in [0.25, 0.3) is 0 Å². The molecule has 1 fully saturated rings. The van der Waals surface area contributed by atoms with Crippen LogP contribution in [-0.2, 0) is 11.3 Å². The Hall–Kier alpha value is -1.56. The molecule has 0 saturated carbocycles. The summed E-state index contributed by atoms with van der Waals surface area (Å²) in [6.07, 6.45) is -2.45. The average Bonchev–Trinajstić information content (AvgIpc) is 2.88. The highest BCUT2D eigenvalue weighted by Crippen LogP contribution is 2.35. The predicted octanol–water partition coefficient (Wildman–Crippen LogP) is 3.75. The van der Waals surface area contributed by atoms with Crippen LogP contribution in [0.1, 0.15) is 50.7 Å². The zero-order chi connectivity index (χ0) is 18.0. The Bertz CT molecular complexity index is 565. The Labute approximate surface area is 141 Å². The first-order valence-corrected chi connectivity index (χ1v) is 8.40. The summed E-state index contributed by atoms with van der Waals surface area (Å²) in [7, 11) is 0. The van der Waals surface area contributed by atoms with E-state index in [0.717, 1.165) is 25.3 Å². The molecule has 1 amide bonds. The van der Waals surface area contributed by atoms with Crippen LogP contribution < -0.4 is 10.6 Å². The van der Waals surface area contributed by atoms with Gasteiger partial charge in [0.05, 0.1) is 12.0 Å². The van der Waals surface area contributed by atoms with E-state index in [0.29, 0.717) is 13.1 Å². The Morgan fingerprint density at radius 2 is 1.83 bits per heavy atom. The van der Waals surface area contributed by atoms with E-state index in [2.05, 4.69) is 24.5 Å². The first-order valence-electron chi connectivity index (χ1n) is 8.40. The molecule has 1 aromatic carbocycles. The quantitative estimate of drug-likeness (QED) is 0.827. The van der Waals surface area contributed by atoms with Gasteiger partial charge in [0.25, 0.3) is 0 Å². The van der Waals surface area contributed by atoms with Crippen LogP contribution in [-0.4, -0.2) is 24.7 Å². The Morgan fingerprint density at radius 3 is 2.33 bits per heavy atom. The Balaban J connectivity index is 2.03. The van der Waals surface area contributed by atoms with Gasteiger partial charge in [0.1, 0.15) is 0 Å². The van der Waals surface area contributed by atoms with Crippen LogP contribution in [0.2, 0.25) is 0 Å². The first kappa shape index (κ1) is 18.8. The maximum atomic E-state index is 12.7. The van der Waals surface area contributed by atoms with E-state index in [4.69, 9.17) is 0 Å². The third kappa shape index (κ3) is 3.74. The fourth-order valence-electron chi connectivity index (χ4n) is 3.30. The largest absolute Gasteiger partial charge is 0.395 e. The Kier molecular flexibility index (Phi) is 5.58. The molecule has 1 aliphatic heterocycles. The summed E-state index contributed by atoms with van der Waals surface area (Å²) in [6, 6.07) is 6.14. The van der Waals surface area contributed by atoms with Crippen LogP contribution in [0.3, 0.4) is 0 Å². The molecule has 2 rings (SSSR count). The second-order valence-corrected chi connectivity index (χ2v) is 6.61. The maximum Gasteiger partial charge on any atom is 0.395 e. The average molecular weight is 342 g/mol. The molecule has 2 N–H and O–H groups in total. The van der Waals surface area contributed by atoms with Crippen molar-refractivity contribution in [3.63, 3.8) is 0 Å². The molecule has 134 valence electrons. The lowest BCUT2D eigenvalue weighted by Crippen LogP contribution is -2.45. The van der Waals surface area contributed by atoms with E-state index >= 15 is 0 Å². The third-order valence-electron chi connectivity index (χ3n) is 5.38. The van der Waals surface area contributed by atoms with E-state index in [-0.39, 0.29) is 22.9 Å². The molecule has 3 nitrogen and oxygen atoms in total. The molecule has 0 bridgehead atoms. The number of amides is 1. The van der Waals surface area contributed by atoms with Crippen LogP contribution in [0, 0.1) is 5.41 Å². The molecule has 1 heterocycles. The minimum atomic E-state index is -4.23. The second kappa shape index (κ2) is 7.13. The van der Waals surface area contributed by atoms with Gasteiger partial charge in [0, 0.05) is 18.5 Å². The van der Waals surface area contributed by atoms with Crippen LogP contribution >= 0.6 is 0 Å². The molecule has 0 aromatic heterocycles. The fourth-order valence-corrected chi connectivity index (χ4v) is 3.30. The van der Waals surface area contributed by atoms with Gasteiger partial charge in [-0.1, -0.05) is 38.1 Å². The van der Waals surface area contributed by atoms with Crippen molar-refractivity contribution >= 4 is 5.91 Å². The van der Waals surface area contributed by atoms with Gasteiger partial charge in [0.2, 0.25) is 5.91 Å². The number of rotatable bonds is 6. The summed E-state index contributed by atoms with van der Waals surface area (Å²) in [5, 5.41) is 6.20. The topological polar surface area (TPSA) is 41.1 Å². The molecule has 2 unspecified atom stereocenters. The van der Waals surface area contributed by atoms with E-state index in [9.17, 15) is 18.0 Å². The number of nitrogens with one attached hydrogen (secondary N) is 2. The second-order valence-electron chi connectivity index (χ2n) is 6.61. The summed E-state index contributed by atoms with van der Waals surface area (Å²) in [6.45, 7) is 6.43. The van der Waals surface area contributed by atoms with Crippen molar-refractivity contribution in [2.75, 3.05) is 6.54 Å². The van der Waals surface area contributed by atoms with E-state index in [1.807, 2.05) is 0 Å². The minimum absolute atomic E-state index is 0.000939. The number of alkyl halides is 3. The molecule has 0 radical (unpaired) electrons. The van der Waals surface area contributed by atoms with E-state index in [1.54, 1.807) is 12.1 Å². The lowest BCUT2D eigenvalue weighted by atomic mass is 9.77. The van der Waals surface area contributed by atoms with Crippen molar-refractivity contribution < 1.29 is 18.0 Å². The van der Waals surface area contributed by atoms with Gasteiger partial charge in [-0.25, -0.2) is 0 Å². The summed E-state index contributed by atoms with van der Waals surface area (Å²) < 4.78 is 38.2. The van der Waals surface area contributed by atoms with Gasteiger partial charge in [-0.3, -0.25) is 4.79 Å². The standard InChI is InChI=1S/C18H25F3N2O/c1-4-17(5-2)11-23-16(24)15(17)22-10-13-6-8-14(9-7-13)12(3)18(19,20)21/h6-9,12,15,22H,4-5,10-11H2,1-3H3,(H,23,24). The van der Waals surface area contributed by atoms with Gasteiger partial charge in [-0.05, 0) is 30.9 Å². The molecule has 0 spiro atoms. The van der Waals surface area contributed by atoms with Crippen molar-refractivity contribution in [2.24, 2.45) is 5.41 Å². The number of carbonyl (C=O) groups is 1. The van der Waals surface area contributed by atoms with Gasteiger partial charge in [-0.2, -0.15) is 13.2 Å². The van der Waals surface area contributed by atoms with Crippen molar-refractivity contribution in [2.45, 2.75) is 58.3 Å². The molecular weight excluding hydrogens is 317 g/mol. The highest BCUT2D eigenvalue weighted by atomic mass is 19.4. The predicted molar refractivity (Wildman–Crippen MR) is 87.6 cm³/mol. The molecule has 24 heavy (non-hydrogen) atoms. The van der Waals surface area contributed by atoms with Crippen LogP contribution in [0.15, 0.2) is 24.3 Å². The molecule has 2 atom stereocenters. The molecule has 0 aliphatic carbocycles. The lowest BCUT2D eigenvalue weighted by Gasteiger charge is -2.31. The zero-order valence-electron chi connectivity index (χ0n) is 14.3. The fraction of sp³-hybridized carbons (Fsp3) is 0.611. The lowest BCUT2D eigenvalue weighted by molar-refractivity contribution is -0.146. The molecule has 1 aliphatic rings. The molecule has 1 saturated heterocycles. The third-order valence-corrected chi connectivity index (χ3v) is 5.38. The van der Waals surface area contributed by atoms with E-state index < -0.39 is 12.1 Å². The van der Waals surface area contributed by atoms with E-state index in [1.165, 1.54) is 12.1 Å². The summed E-state index contributed by atoms with van der Waals surface area (Å²) in [5.74, 6) is -1.48. The summed E-state index contributed by atoms with van der Waals surface area (Å²) in [5.41, 5.74) is 1.03. The van der Waals surface area contributed by atoms with Gasteiger partial charge in [0.15, 0.2) is 0 Å². The number of carbonyl (C=O) groups excluding carboxylic acids is 1. The smallest absolute Gasteiger partial charge is 0.354 e. The van der Waals surface area contributed by atoms with Crippen LogP contribution in [0.5, 0.6) is 0 Å². The van der Waals surface area contributed by atoms with Crippen molar-refractivity contribution in [3.05, 3.63) is 35.4 Å². The monoisotopic (exact) mass is 342 g/mol. The van der Waals surface area contributed by atoms with Crippen molar-refractivity contribution in [1.29, 1.82) is 0 Å². The van der Waals surface area contributed by atoms with Gasteiger partial charge >= 0.3 is 6.18 Å². The normalized spacial score (nSPS) is 21.6. The number of halogens is 3. The summed E-state index contributed by atoms with van der Waals surface area (Å²) in [4.78, 5) is 12.1. The van der Waals surface area contributed by atoms with Crippen molar-refractivity contribution in [1.82, 2.24) is 10.6 Å². The maximum absolute atomic E-state index is 12.7. The van der Waals surface area contributed by atoms with Crippen LogP contribution in [0.4, 0.5) is 13.2 Å². The molecule has 1 aromatic rings. The number of benzene rings is 1. The highest BCUT2D eigenvalue weighted by Gasteiger charge is 2.45.